The number of carbonyl (C=O) groups is 2. The highest BCUT2D eigenvalue weighted by molar-refractivity contribution is 5.97. The van der Waals surface area contributed by atoms with Crippen LogP contribution < -0.4 is 5.73 Å². The topological polar surface area (TPSA) is 60.2 Å². The van der Waals surface area contributed by atoms with Gasteiger partial charge in [-0.1, -0.05) is 26.0 Å². The van der Waals surface area contributed by atoms with E-state index in [2.05, 4.69) is 26.0 Å². The zero-order chi connectivity index (χ0) is 17.3. The Kier molecular flexibility index (Phi) is 3.40. The lowest BCUT2D eigenvalue weighted by Gasteiger charge is -2.56. The second-order valence-corrected chi connectivity index (χ2v) is 9.10. The average Bonchev–Trinajstić information content (AvgIpc) is 2.89. The predicted octanol–water partition coefficient (Wildman–Crippen LogP) is 3.79. The van der Waals surface area contributed by atoms with E-state index in [4.69, 9.17) is 5.73 Å². The fourth-order valence-corrected chi connectivity index (χ4v) is 6.85. The van der Waals surface area contributed by atoms with Crippen LogP contribution in [-0.2, 0) is 9.59 Å². The maximum absolute atomic E-state index is 12.2. The van der Waals surface area contributed by atoms with Gasteiger partial charge in [0.1, 0.15) is 5.78 Å². The molecule has 0 radical (unpaired) electrons. The van der Waals surface area contributed by atoms with Crippen molar-refractivity contribution in [1.29, 1.82) is 0 Å². The van der Waals surface area contributed by atoms with Gasteiger partial charge in [-0.2, -0.15) is 0 Å². The Morgan fingerprint density at radius 1 is 1.17 bits per heavy atom. The molecule has 4 rings (SSSR count). The summed E-state index contributed by atoms with van der Waals surface area (Å²) in [6.07, 6.45) is 10.5. The molecular weight excluding hydrogens is 298 g/mol. The van der Waals surface area contributed by atoms with Crippen molar-refractivity contribution in [3.63, 3.8) is 0 Å². The summed E-state index contributed by atoms with van der Waals surface area (Å²) in [5.74, 6) is 2.41. The molecule has 2 saturated carbocycles. The van der Waals surface area contributed by atoms with Gasteiger partial charge >= 0.3 is 0 Å². The SMILES string of the molecule is CC(=O)[C@H]1CC[C@H]2[C@@H]3C=CC4=C(N)C(=O)CC[C@]4(C)[C@H]3CC[C@]12C. The minimum atomic E-state index is 0.0348. The van der Waals surface area contributed by atoms with E-state index in [0.717, 1.165) is 37.7 Å². The molecule has 3 heteroatoms. The van der Waals surface area contributed by atoms with Crippen LogP contribution in [0.1, 0.15) is 59.3 Å². The Morgan fingerprint density at radius 2 is 1.92 bits per heavy atom. The quantitative estimate of drug-likeness (QED) is 0.797. The smallest absolute Gasteiger partial charge is 0.178 e. The summed E-state index contributed by atoms with van der Waals surface area (Å²) >= 11 is 0. The maximum Gasteiger partial charge on any atom is 0.178 e. The zero-order valence-corrected chi connectivity index (χ0v) is 15.1. The molecule has 0 aromatic carbocycles. The lowest BCUT2D eigenvalue weighted by atomic mass is 9.48. The summed E-state index contributed by atoms with van der Waals surface area (Å²) in [5.41, 5.74) is 7.95. The van der Waals surface area contributed by atoms with Crippen LogP contribution in [0.3, 0.4) is 0 Å². The lowest BCUT2D eigenvalue weighted by molar-refractivity contribution is -0.127. The lowest BCUT2D eigenvalue weighted by Crippen LogP contribution is -2.50. The third-order valence-corrected chi connectivity index (χ3v) is 8.20. The Balaban J connectivity index is 1.75. The van der Waals surface area contributed by atoms with Gasteiger partial charge in [-0.15, -0.1) is 0 Å². The Morgan fingerprint density at radius 3 is 2.62 bits per heavy atom. The first-order chi connectivity index (χ1) is 11.3. The molecule has 6 atom stereocenters. The van der Waals surface area contributed by atoms with Crippen LogP contribution in [0.4, 0.5) is 0 Å². The highest BCUT2D eigenvalue weighted by atomic mass is 16.1. The van der Waals surface area contributed by atoms with E-state index < -0.39 is 0 Å². The van der Waals surface area contributed by atoms with Crippen molar-refractivity contribution < 1.29 is 9.59 Å². The number of hydrogen-bond donors (Lipinski definition) is 1. The average molecular weight is 327 g/mol. The molecule has 0 aromatic rings. The molecule has 0 spiro atoms. The predicted molar refractivity (Wildman–Crippen MR) is 93.9 cm³/mol. The Hall–Kier alpha value is -1.38. The first-order valence-corrected chi connectivity index (χ1v) is 9.51. The Bertz CT molecular complexity index is 675. The molecule has 0 saturated heterocycles. The zero-order valence-electron chi connectivity index (χ0n) is 15.1. The van der Waals surface area contributed by atoms with Gasteiger partial charge in [0.05, 0.1) is 5.70 Å². The number of rotatable bonds is 1. The van der Waals surface area contributed by atoms with E-state index in [9.17, 15) is 9.59 Å². The number of carbonyl (C=O) groups excluding carboxylic acids is 2. The molecule has 3 nitrogen and oxygen atoms in total. The van der Waals surface area contributed by atoms with Gasteiger partial charge in [0.25, 0.3) is 0 Å². The van der Waals surface area contributed by atoms with Gasteiger partial charge in [-0.3, -0.25) is 9.59 Å². The van der Waals surface area contributed by atoms with E-state index in [1.807, 2.05) is 0 Å². The molecule has 130 valence electrons. The highest BCUT2D eigenvalue weighted by Crippen LogP contribution is 2.65. The van der Waals surface area contributed by atoms with Crippen molar-refractivity contribution in [2.75, 3.05) is 0 Å². The molecule has 24 heavy (non-hydrogen) atoms. The Labute approximate surface area is 144 Å². The third kappa shape index (κ3) is 1.90. The maximum atomic E-state index is 12.2. The summed E-state index contributed by atoms with van der Waals surface area (Å²) in [4.78, 5) is 24.2. The summed E-state index contributed by atoms with van der Waals surface area (Å²) in [7, 11) is 0. The fraction of sp³-hybridized carbons (Fsp3) is 0.714. The van der Waals surface area contributed by atoms with Crippen molar-refractivity contribution in [3.05, 3.63) is 23.4 Å². The molecule has 0 aliphatic heterocycles. The molecular formula is C21H29NO2. The van der Waals surface area contributed by atoms with Crippen molar-refractivity contribution >= 4 is 11.6 Å². The van der Waals surface area contributed by atoms with Gasteiger partial charge < -0.3 is 5.73 Å². The van der Waals surface area contributed by atoms with E-state index in [1.54, 1.807) is 6.92 Å². The van der Waals surface area contributed by atoms with E-state index in [-0.39, 0.29) is 22.5 Å². The van der Waals surface area contributed by atoms with E-state index >= 15 is 0 Å². The first kappa shape index (κ1) is 16.1. The molecule has 0 heterocycles. The van der Waals surface area contributed by atoms with Crippen molar-refractivity contribution in [2.24, 2.45) is 40.2 Å². The van der Waals surface area contributed by atoms with Crippen LogP contribution in [-0.4, -0.2) is 11.6 Å². The molecule has 0 amide bonds. The molecule has 0 bridgehead atoms. The number of Topliss-reactive ketones (excluding diaryl/α,β-unsaturated/α-hetero) is 2. The van der Waals surface area contributed by atoms with Crippen LogP contribution >= 0.6 is 0 Å². The van der Waals surface area contributed by atoms with E-state index in [0.29, 0.717) is 35.7 Å². The molecule has 2 N–H and O–H groups in total. The number of nitrogens with two attached hydrogens (primary N) is 1. The van der Waals surface area contributed by atoms with Gasteiger partial charge in [0.2, 0.25) is 0 Å². The van der Waals surface area contributed by atoms with Gasteiger partial charge in [0, 0.05) is 12.3 Å². The van der Waals surface area contributed by atoms with Crippen LogP contribution in [0.25, 0.3) is 0 Å². The molecule has 4 aliphatic carbocycles. The first-order valence-electron chi connectivity index (χ1n) is 9.51. The van der Waals surface area contributed by atoms with Crippen LogP contribution in [0.15, 0.2) is 23.4 Å². The van der Waals surface area contributed by atoms with Gasteiger partial charge in [-0.05, 0) is 73.2 Å². The van der Waals surface area contributed by atoms with Gasteiger partial charge in [0.15, 0.2) is 5.78 Å². The van der Waals surface area contributed by atoms with Crippen LogP contribution in [0, 0.1) is 34.5 Å². The number of hydrogen-bond acceptors (Lipinski definition) is 3. The van der Waals surface area contributed by atoms with Crippen molar-refractivity contribution in [3.8, 4) is 0 Å². The van der Waals surface area contributed by atoms with E-state index in [1.165, 1.54) is 0 Å². The second-order valence-electron chi connectivity index (χ2n) is 9.10. The van der Waals surface area contributed by atoms with Crippen LogP contribution in [0.5, 0.6) is 0 Å². The standard InChI is InChI=1S/C21H29NO2/c1-12(23)14-6-7-15-13-4-5-17-19(22)18(24)9-11-21(17,3)16(13)8-10-20(14,15)2/h4-5,13-16H,6-11,22H2,1-3H3/t13-,14+,15-,16-,20+,21+/m0/s1. The van der Waals surface area contributed by atoms with Crippen LogP contribution in [0.2, 0.25) is 0 Å². The third-order valence-electron chi connectivity index (χ3n) is 8.20. The second kappa shape index (κ2) is 5.06. The number of fused-ring (bicyclic) bond motifs is 5. The number of allylic oxidation sites excluding steroid dienone is 4. The highest BCUT2D eigenvalue weighted by Gasteiger charge is 2.59. The molecule has 2 fully saturated rings. The molecule has 0 aromatic heterocycles. The molecule has 4 aliphatic rings. The fourth-order valence-electron chi connectivity index (χ4n) is 6.85. The summed E-state index contributed by atoms with van der Waals surface area (Å²) in [6, 6.07) is 0. The normalized spacial score (nSPS) is 47.2. The van der Waals surface area contributed by atoms with Gasteiger partial charge in [-0.25, -0.2) is 0 Å². The monoisotopic (exact) mass is 327 g/mol. The van der Waals surface area contributed by atoms with Crippen molar-refractivity contribution in [2.45, 2.75) is 59.3 Å². The largest absolute Gasteiger partial charge is 0.396 e. The summed E-state index contributed by atoms with van der Waals surface area (Å²) in [6.45, 7) is 6.45. The molecule has 0 unspecified atom stereocenters. The minimum Gasteiger partial charge on any atom is -0.396 e. The minimum absolute atomic E-state index is 0.0348. The summed E-state index contributed by atoms with van der Waals surface area (Å²) in [5, 5.41) is 0. The number of ketones is 2. The van der Waals surface area contributed by atoms with Crippen molar-refractivity contribution in [1.82, 2.24) is 0 Å². The summed E-state index contributed by atoms with van der Waals surface area (Å²) < 4.78 is 0.